The molecule has 0 saturated carbocycles. The minimum absolute atomic E-state index is 0.0141. The average Bonchev–Trinajstić information content (AvgIpc) is 2.53. The molecule has 0 fully saturated rings. The maximum atomic E-state index is 12.1. The van der Waals surface area contributed by atoms with Crippen LogP contribution in [0.25, 0.3) is 0 Å². The monoisotopic (exact) mass is 291 g/mol. The van der Waals surface area contributed by atoms with E-state index in [0.29, 0.717) is 26.4 Å². The number of carbonyl (C=O) groups excluding carboxylic acids is 1. The zero-order valence-corrected chi connectivity index (χ0v) is 12.8. The van der Waals surface area contributed by atoms with E-state index in [1.807, 2.05) is 6.07 Å². The minimum atomic E-state index is 0.0141. The van der Waals surface area contributed by atoms with E-state index in [4.69, 9.17) is 9.47 Å². The molecule has 0 radical (unpaired) electrons. The normalized spacial score (nSPS) is 13.8. The SMILES string of the molecule is COCCOCCCNC(=O)c1ccc2c(c1)CCCC2. The summed E-state index contributed by atoms with van der Waals surface area (Å²) < 4.78 is 10.3. The Morgan fingerprint density at radius 1 is 1.14 bits per heavy atom. The van der Waals surface area contributed by atoms with Crippen LogP contribution in [0.2, 0.25) is 0 Å². The predicted molar refractivity (Wildman–Crippen MR) is 82.7 cm³/mol. The molecule has 0 saturated heterocycles. The first kappa shape index (κ1) is 16.0. The van der Waals surface area contributed by atoms with Crippen molar-refractivity contribution in [1.82, 2.24) is 5.32 Å². The van der Waals surface area contributed by atoms with Crippen LogP contribution in [-0.4, -0.2) is 39.4 Å². The molecule has 116 valence electrons. The fourth-order valence-electron chi connectivity index (χ4n) is 2.60. The Morgan fingerprint density at radius 2 is 1.95 bits per heavy atom. The summed E-state index contributed by atoms with van der Waals surface area (Å²) in [6.45, 7) is 2.51. The van der Waals surface area contributed by atoms with Gasteiger partial charge in [-0.2, -0.15) is 0 Å². The summed E-state index contributed by atoms with van der Waals surface area (Å²) in [5, 5.41) is 2.95. The lowest BCUT2D eigenvalue weighted by Gasteiger charge is -2.16. The highest BCUT2D eigenvalue weighted by molar-refractivity contribution is 5.94. The van der Waals surface area contributed by atoms with Crippen molar-refractivity contribution in [3.63, 3.8) is 0 Å². The van der Waals surface area contributed by atoms with Crippen LogP contribution in [0, 0.1) is 0 Å². The standard InChI is InChI=1S/C17H25NO3/c1-20-11-12-21-10-4-9-18-17(19)16-8-7-14-5-2-3-6-15(14)13-16/h7-8,13H,2-6,9-12H2,1H3,(H,18,19). The van der Waals surface area contributed by atoms with Crippen molar-refractivity contribution in [1.29, 1.82) is 0 Å². The summed E-state index contributed by atoms with van der Waals surface area (Å²) in [6.07, 6.45) is 5.57. The fourth-order valence-corrected chi connectivity index (χ4v) is 2.60. The second-order valence-electron chi connectivity index (χ2n) is 5.41. The third kappa shape index (κ3) is 5.14. The Kier molecular flexibility index (Phi) is 6.70. The van der Waals surface area contributed by atoms with Crippen molar-refractivity contribution < 1.29 is 14.3 Å². The average molecular weight is 291 g/mol. The summed E-state index contributed by atoms with van der Waals surface area (Å²) in [7, 11) is 1.65. The molecule has 4 nitrogen and oxygen atoms in total. The maximum Gasteiger partial charge on any atom is 0.251 e. The summed E-state index contributed by atoms with van der Waals surface area (Å²) in [4.78, 5) is 12.1. The number of hydrogen-bond acceptors (Lipinski definition) is 3. The van der Waals surface area contributed by atoms with Crippen molar-refractivity contribution in [2.75, 3.05) is 33.5 Å². The lowest BCUT2D eigenvalue weighted by Crippen LogP contribution is -2.25. The number of fused-ring (bicyclic) bond motifs is 1. The van der Waals surface area contributed by atoms with E-state index < -0.39 is 0 Å². The van der Waals surface area contributed by atoms with Gasteiger partial charge in [0.05, 0.1) is 13.2 Å². The highest BCUT2D eigenvalue weighted by Gasteiger charge is 2.12. The molecule has 1 amide bonds. The van der Waals surface area contributed by atoms with Gasteiger partial charge in [-0.15, -0.1) is 0 Å². The molecule has 1 N–H and O–H groups in total. The van der Waals surface area contributed by atoms with E-state index >= 15 is 0 Å². The van der Waals surface area contributed by atoms with E-state index in [1.165, 1.54) is 24.0 Å². The van der Waals surface area contributed by atoms with Gasteiger partial charge in [-0.25, -0.2) is 0 Å². The van der Waals surface area contributed by atoms with Gasteiger partial charge >= 0.3 is 0 Å². The van der Waals surface area contributed by atoms with Gasteiger partial charge < -0.3 is 14.8 Å². The molecular weight excluding hydrogens is 266 g/mol. The summed E-state index contributed by atoms with van der Waals surface area (Å²) >= 11 is 0. The molecule has 4 heteroatoms. The van der Waals surface area contributed by atoms with Crippen LogP contribution in [0.5, 0.6) is 0 Å². The maximum absolute atomic E-state index is 12.1. The summed E-state index contributed by atoms with van der Waals surface area (Å²) in [6, 6.07) is 6.10. The lowest BCUT2D eigenvalue weighted by atomic mass is 9.90. The first-order valence-corrected chi connectivity index (χ1v) is 7.78. The van der Waals surface area contributed by atoms with Crippen LogP contribution in [0.1, 0.15) is 40.7 Å². The fraction of sp³-hybridized carbons (Fsp3) is 0.588. The second-order valence-corrected chi connectivity index (χ2v) is 5.41. The molecule has 1 aliphatic carbocycles. The quantitative estimate of drug-likeness (QED) is 0.748. The van der Waals surface area contributed by atoms with Gasteiger partial charge in [0.1, 0.15) is 0 Å². The molecule has 0 aliphatic heterocycles. The zero-order chi connectivity index (χ0) is 14.9. The Hall–Kier alpha value is -1.39. The number of nitrogens with one attached hydrogen (secondary N) is 1. The molecule has 0 spiro atoms. The number of ether oxygens (including phenoxy) is 2. The van der Waals surface area contributed by atoms with E-state index in [-0.39, 0.29) is 5.91 Å². The van der Waals surface area contributed by atoms with Gasteiger partial charge in [-0.05, 0) is 55.4 Å². The summed E-state index contributed by atoms with van der Waals surface area (Å²) in [5.74, 6) is 0.0141. The molecule has 0 aromatic heterocycles. The van der Waals surface area contributed by atoms with Crippen LogP contribution in [0.15, 0.2) is 18.2 Å². The minimum Gasteiger partial charge on any atom is -0.382 e. The van der Waals surface area contributed by atoms with E-state index in [9.17, 15) is 4.79 Å². The first-order valence-electron chi connectivity index (χ1n) is 7.78. The topological polar surface area (TPSA) is 47.6 Å². The van der Waals surface area contributed by atoms with Gasteiger partial charge in [0.2, 0.25) is 0 Å². The number of carbonyl (C=O) groups is 1. The van der Waals surface area contributed by atoms with Gasteiger partial charge in [-0.3, -0.25) is 4.79 Å². The highest BCUT2D eigenvalue weighted by Crippen LogP contribution is 2.22. The molecule has 0 unspecified atom stereocenters. The Morgan fingerprint density at radius 3 is 2.76 bits per heavy atom. The first-order chi connectivity index (χ1) is 10.3. The van der Waals surface area contributed by atoms with E-state index in [1.54, 1.807) is 7.11 Å². The largest absolute Gasteiger partial charge is 0.382 e. The number of amides is 1. The van der Waals surface area contributed by atoms with Crippen molar-refractivity contribution >= 4 is 5.91 Å². The number of benzene rings is 1. The molecule has 1 aromatic carbocycles. The third-order valence-electron chi connectivity index (χ3n) is 3.79. The van der Waals surface area contributed by atoms with Crippen LogP contribution >= 0.6 is 0 Å². The third-order valence-corrected chi connectivity index (χ3v) is 3.79. The van der Waals surface area contributed by atoms with Gasteiger partial charge in [0.15, 0.2) is 0 Å². The van der Waals surface area contributed by atoms with Crippen LogP contribution in [0.3, 0.4) is 0 Å². The molecular formula is C17H25NO3. The number of hydrogen-bond donors (Lipinski definition) is 1. The molecule has 0 atom stereocenters. The molecule has 0 heterocycles. The van der Waals surface area contributed by atoms with Crippen LogP contribution < -0.4 is 5.32 Å². The second kappa shape index (κ2) is 8.80. The van der Waals surface area contributed by atoms with E-state index in [2.05, 4.69) is 17.4 Å². The van der Waals surface area contributed by atoms with Gasteiger partial charge in [0, 0.05) is 25.8 Å². The molecule has 21 heavy (non-hydrogen) atoms. The smallest absolute Gasteiger partial charge is 0.251 e. The molecule has 1 aliphatic rings. The number of methoxy groups -OCH3 is 1. The number of rotatable bonds is 8. The highest BCUT2D eigenvalue weighted by atomic mass is 16.5. The van der Waals surface area contributed by atoms with Crippen molar-refractivity contribution in [2.45, 2.75) is 32.1 Å². The van der Waals surface area contributed by atoms with Crippen LogP contribution in [0.4, 0.5) is 0 Å². The van der Waals surface area contributed by atoms with E-state index in [0.717, 1.165) is 24.8 Å². The Balaban J connectivity index is 1.71. The van der Waals surface area contributed by atoms with Crippen molar-refractivity contribution in [3.8, 4) is 0 Å². The van der Waals surface area contributed by atoms with Crippen LogP contribution in [-0.2, 0) is 22.3 Å². The van der Waals surface area contributed by atoms with Gasteiger partial charge in [-0.1, -0.05) is 6.07 Å². The molecule has 1 aromatic rings. The Labute approximate surface area is 126 Å². The molecule has 0 bridgehead atoms. The van der Waals surface area contributed by atoms with Crippen molar-refractivity contribution in [3.05, 3.63) is 34.9 Å². The predicted octanol–water partition coefficient (Wildman–Crippen LogP) is 2.35. The molecule has 2 rings (SSSR count). The summed E-state index contributed by atoms with van der Waals surface area (Å²) in [5.41, 5.74) is 3.53. The lowest BCUT2D eigenvalue weighted by molar-refractivity contribution is 0.0688. The van der Waals surface area contributed by atoms with Gasteiger partial charge in [0.25, 0.3) is 5.91 Å². The van der Waals surface area contributed by atoms with Crippen molar-refractivity contribution in [2.24, 2.45) is 0 Å². The number of aryl methyl sites for hydroxylation is 2. The Bertz CT molecular complexity index is 459. The zero-order valence-electron chi connectivity index (χ0n) is 12.8.